The summed E-state index contributed by atoms with van der Waals surface area (Å²) >= 11 is 0. The Kier molecular flexibility index (Phi) is 5.37. The van der Waals surface area contributed by atoms with Crippen LogP contribution in [0.1, 0.15) is 48.3 Å². The molecule has 1 aliphatic heterocycles. The third kappa shape index (κ3) is 3.78. The van der Waals surface area contributed by atoms with Crippen molar-refractivity contribution in [2.24, 2.45) is 4.99 Å². The molecule has 31 heavy (non-hydrogen) atoms. The van der Waals surface area contributed by atoms with Gasteiger partial charge in [-0.3, -0.25) is 4.99 Å². The van der Waals surface area contributed by atoms with Crippen LogP contribution in [-0.2, 0) is 0 Å². The molecule has 2 unspecified atom stereocenters. The van der Waals surface area contributed by atoms with Crippen LogP contribution in [0.4, 0.5) is 0 Å². The summed E-state index contributed by atoms with van der Waals surface area (Å²) in [7, 11) is 3.38. The topological polar surface area (TPSA) is 40.0 Å². The van der Waals surface area contributed by atoms with Crippen LogP contribution in [0.3, 0.4) is 0 Å². The minimum atomic E-state index is 0.313. The summed E-state index contributed by atoms with van der Waals surface area (Å²) in [5.41, 5.74) is 4.53. The molecular weight excluding hydrogens is 386 g/mol. The lowest BCUT2D eigenvalue weighted by Crippen LogP contribution is -2.29. The van der Waals surface area contributed by atoms with Crippen LogP contribution in [0.25, 0.3) is 0 Å². The molecule has 3 aromatic rings. The smallest absolute Gasteiger partial charge is 0.161 e. The van der Waals surface area contributed by atoms with Gasteiger partial charge in [0.05, 0.1) is 26.0 Å². The van der Waals surface area contributed by atoms with Crippen molar-refractivity contribution < 1.29 is 14.2 Å². The summed E-state index contributed by atoms with van der Waals surface area (Å²) < 4.78 is 17.3. The average Bonchev–Trinajstić information content (AvgIpc) is 2.83. The first kappa shape index (κ1) is 19.7. The zero-order valence-corrected chi connectivity index (χ0v) is 18.0. The highest BCUT2D eigenvalue weighted by molar-refractivity contribution is 6.15. The third-order valence-corrected chi connectivity index (χ3v) is 6.32. The molecule has 1 aliphatic carbocycles. The normalized spacial score (nSPS) is 19.6. The van der Waals surface area contributed by atoms with Crippen molar-refractivity contribution in [3.05, 3.63) is 83.4 Å². The molecule has 2 atom stereocenters. The van der Waals surface area contributed by atoms with Gasteiger partial charge in [-0.2, -0.15) is 0 Å². The van der Waals surface area contributed by atoms with E-state index in [4.69, 9.17) is 19.2 Å². The lowest BCUT2D eigenvalue weighted by atomic mass is 9.75. The lowest BCUT2D eigenvalue weighted by molar-refractivity contribution is 0.349. The van der Waals surface area contributed by atoms with E-state index in [1.807, 2.05) is 42.5 Å². The molecule has 5 rings (SSSR count). The van der Waals surface area contributed by atoms with Crippen LogP contribution in [0.5, 0.6) is 23.0 Å². The van der Waals surface area contributed by atoms with E-state index in [1.54, 1.807) is 14.2 Å². The number of hydrogen-bond donors (Lipinski definition) is 0. The van der Waals surface area contributed by atoms with E-state index >= 15 is 0 Å². The van der Waals surface area contributed by atoms with Crippen LogP contribution in [-0.4, -0.2) is 26.0 Å². The van der Waals surface area contributed by atoms with Crippen LogP contribution >= 0.6 is 0 Å². The molecular formula is C27H27NO3. The van der Waals surface area contributed by atoms with E-state index in [-0.39, 0.29) is 0 Å². The predicted octanol–water partition coefficient (Wildman–Crippen LogP) is 6.37. The Morgan fingerprint density at radius 3 is 2.32 bits per heavy atom. The standard InChI is InChI=1S/C27H27NO3/c1-29-25-16-22-21-13-6-7-14-24(21)28-27(23(22)17-26(25)30-2)18-9-8-12-20(15-18)31-19-10-4-3-5-11-19/h3-5,8-12,15-17,21,24H,6-7,13-14H2,1-2H3. The van der Waals surface area contributed by atoms with Crippen LogP contribution in [0, 0.1) is 0 Å². The molecule has 3 aromatic carbocycles. The fourth-order valence-corrected chi connectivity index (χ4v) is 4.83. The van der Waals surface area contributed by atoms with Crippen LogP contribution in [0.2, 0.25) is 0 Å². The molecule has 158 valence electrons. The van der Waals surface area contributed by atoms with Crippen molar-refractivity contribution in [1.82, 2.24) is 0 Å². The lowest BCUT2D eigenvalue weighted by Gasteiger charge is -2.35. The Hall–Kier alpha value is -3.27. The molecule has 4 heteroatoms. The molecule has 2 aliphatic rings. The van der Waals surface area contributed by atoms with Gasteiger partial charge in [0.15, 0.2) is 11.5 Å². The fraction of sp³-hybridized carbons (Fsp3) is 0.296. The quantitative estimate of drug-likeness (QED) is 0.488. The first-order valence-corrected chi connectivity index (χ1v) is 10.9. The summed E-state index contributed by atoms with van der Waals surface area (Å²) in [6.45, 7) is 0. The van der Waals surface area contributed by atoms with Gasteiger partial charge in [-0.15, -0.1) is 0 Å². The second-order valence-corrected chi connectivity index (χ2v) is 8.17. The number of aliphatic imine (C=N–C) groups is 1. The van der Waals surface area contributed by atoms with Crippen LogP contribution in [0.15, 0.2) is 71.7 Å². The zero-order chi connectivity index (χ0) is 21.2. The van der Waals surface area contributed by atoms with Crippen molar-refractivity contribution in [2.45, 2.75) is 37.6 Å². The molecule has 0 amide bonds. The first-order valence-electron chi connectivity index (χ1n) is 10.9. The maximum absolute atomic E-state index is 6.09. The van der Waals surface area contributed by atoms with Gasteiger partial charge in [0.25, 0.3) is 0 Å². The van der Waals surface area contributed by atoms with Gasteiger partial charge in [-0.25, -0.2) is 0 Å². The Bertz CT molecular complexity index is 1110. The Labute approximate surface area is 183 Å². The van der Waals surface area contributed by atoms with E-state index in [2.05, 4.69) is 24.3 Å². The Balaban J connectivity index is 1.59. The summed E-state index contributed by atoms with van der Waals surface area (Å²) in [5, 5.41) is 0. The molecule has 0 aromatic heterocycles. The molecule has 1 heterocycles. The Morgan fingerprint density at radius 1 is 0.774 bits per heavy atom. The van der Waals surface area contributed by atoms with Crippen molar-refractivity contribution >= 4 is 5.71 Å². The maximum Gasteiger partial charge on any atom is 0.161 e. The van der Waals surface area contributed by atoms with E-state index in [0.717, 1.165) is 46.3 Å². The van der Waals surface area contributed by atoms with E-state index in [9.17, 15) is 0 Å². The van der Waals surface area contributed by atoms with Gasteiger partial charge in [-0.1, -0.05) is 43.2 Å². The van der Waals surface area contributed by atoms with Gasteiger partial charge in [-0.05, 0) is 54.8 Å². The van der Waals surface area contributed by atoms with Gasteiger partial charge < -0.3 is 14.2 Å². The third-order valence-electron chi connectivity index (χ3n) is 6.32. The minimum Gasteiger partial charge on any atom is -0.493 e. The SMILES string of the molecule is COc1cc2c(cc1OC)C1CCCCC1N=C2c1cccc(Oc2ccccc2)c1. The molecule has 1 saturated carbocycles. The van der Waals surface area contributed by atoms with Gasteiger partial charge in [0.2, 0.25) is 0 Å². The zero-order valence-electron chi connectivity index (χ0n) is 18.0. The van der Waals surface area contributed by atoms with Crippen molar-refractivity contribution in [1.29, 1.82) is 0 Å². The highest BCUT2D eigenvalue weighted by atomic mass is 16.5. The van der Waals surface area contributed by atoms with E-state index in [1.165, 1.54) is 24.8 Å². The molecule has 0 saturated heterocycles. The molecule has 0 N–H and O–H groups in total. The maximum atomic E-state index is 6.09. The first-order chi connectivity index (χ1) is 15.3. The Morgan fingerprint density at radius 2 is 1.52 bits per heavy atom. The number of fused-ring (bicyclic) bond motifs is 3. The molecule has 0 spiro atoms. The van der Waals surface area contributed by atoms with Crippen molar-refractivity contribution in [3.63, 3.8) is 0 Å². The predicted molar refractivity (Wildman–Crippen MR) is 123 cm³/mol. The summed E-state index contributed by atoms with van der Waals surface area (Å²) in [6.07, 6.45) is 4.78. The van der Waals surface area contributed by atoms with E-state index in [0.29, 0.717) is 12.0 Å². The second-order valence-electron chi connectivity index (χ2n) is 8.17. The minimum absolute atomic E-state index is 0.313. The highest BCUT2D eigenvalue weighted by Crippen LogP contribution is 2.45. The number of nitrogens with zero attached hydrogens (tertiary/aromatic N) is 1. The second kappa shape index (κ2) is 8.46. The molecule has 0 bridgehead atoms. The number of rotatable bonds is 5. The summed E-state index contributed by atoms with van der Waals surface area (Å²) in [6, 6.07) is 22.6. The van der Waals surface area contributed by atoms with Crippen LogP contribution < -0.4 is 14.2 Å². The van der Waals surface area contributed by atoms with Crippen molar-refractivity contribution in [2.75, 3.05) is 14.2 Å². The highest BCUT2D eigenvalue weighted by Gasteiger charge is 2.34. The van der Waals surface area contributed by atoms with Gasteiger partial charge in [0.1, 0.15) is 11.5 Å². The van der Waals surface area contributed by atoms with E-state index < -0.39 is 0 Å². The number of benzene rings is 3. The number of hydrogen-bond acceptors (Lipinski definition) is 4. The molecule has 1 fully saturated rings. The van der Waals surface area contributed by atoms with Gasteiger partial charge >= 0.3 is 0 Å². The fourth-order valence-electron chi connectivity index (χ4n) is 4.83. The average molecular weight is 414 g/mol. The summed E-state index contributed by atoms with van der Waals surface area (Å²) in [4.78, 5) is 5.26. The van der Waals surface area contributed by atoms with Gasteiger partial charge in [0, 0.05) is 17.0 Å². The largest absolute Gasteiger partial charge is 0.493 e. The number of ether oxygens (including phenoxy) is 3. The summed E-state index contributed by atoms with van der Waals surface area (Å²) in [5.74, 6) is 3.59. The molecule has 4 nitrogen and oxygen atoms in total. The number of methoxy groups -OCH3 is 2. The van der Waals surface area contributed by atoms with Crippen molar-refractivity contribution in [3.8, 4) is 23.0 Å². The monoisotopic (exact) mass is 413 g/mol. The number of para-hydroxylation sites is 1. The molecule has 0 radical (unpaired) electrons.